The predicted molar refractivity (Wildman–Crippen MR) is 83.6 cm³/mol. The maximum Gasteiger partial charge on any atom is 0.169 e. The first-order valence-corrected chi connectivity index (χ1v) is 7.26. The molecule has 6 heteroatoms. The minimum Gasteiger partial charge on any atom is -0.282 e. The predicted octanol–water partition coefficient (Wildman–Crippen LogP) is 3.64. The number of aromatic nitrogens is 3. The first-order chi connectivity index (χ1) is 9.19. The molecule has 0 amide bonds. The first-order valence-electron chi connectivity index (χ1n) is 5.39. The molecule has 92 valence electrons. The monoisotopic (exact) mass is 424 g/mol. The van der Waals surface area contributed by atoms with Gasteiger partial charge in [0.15, 0.2) is 11.5 Å². The van der Waals surface area contributed by atoms with Crippen LogP contribution in [0.25, 0.3) is 17.0 Å². The minimum atomic E-state index is 0.577. The van der Waals surface area contributed by atoms with Crippen LogP contribution in [0.3, 0.4) is 0 Å². The fraction of sp³-hybridized carbons (Fsp3) is 0. The van der Waals surface area contributed by atoms with E-state index in [9.17, 15) is 0 Å². The third-order valence-electron chi connectivity index (χ3n) is 2.71. The SMILES string of the molecule is N#Cc1ccn2c(-c3cc(I)ccc3Br)nnc2c1. The zero-order chi connectivity index (χ0) is 13.4. The number of pyridine rings is 1. The van der Waals surface area contributed by atoms with Gasteiger partial charge < -0.3 is 0 Å². The van der Waals surface area contributed by atoms with Crippen molar-refractivity contribution in [3.8, 4) is 17.5 Å². The van der Waals surface area contributed by atoms with Crippen molar-refractivity contribution in [1.29, 1.82) is 5.26 Å². The van der Waals surface area contributed by atoms with E-state index >= 15 is 0 Å². The van der Waals surface area contributed by atoms with Crippen molar-refractivity contribution in [2.24, 2.45) is 0 Å². The number of halogens is 2. The number of nitrogens with zero attached hydrogens (tertiary/aromatic N) is 4. The molecule has 1 aromatic carbocycles. The molecule has 0 aliphatic carbocycles. The van der Waals surface area contributed by atoms with Gasteiger partial charge in [0.05, 0.1) is 11.6 Å². The van der Waals surface area contributed by atoms with Crippen LogP contribution in [0, 0.1) is 14.9 Å². The zero-order valence-electron chi connectivity index (χ0n) is 9.51. The maximum atomic E-state index is 8.89. The van der Waals surface area contributed by atoms with Gasteiger partial charge >= 0.3 is 0 Å². The molecule has 0 aliphatic heterocycles. The molecule has 0 saturated heterocycles. The minimum absolute atomic E-state index is 0.577. The molecule has 0 atom stereocenters. The van der Waals surface area contributed by atoms with Gasteiger partial charge in [-0.25, -0.2) is 0 Å². The van der Waals surface area contributed by atoms with Crippen LogP contribution in [0.2, 0.25) is 0 Å². The largest absolute Gasteiger partial charge is 0.282 e. The molecule has 0 radical (unpaired) electrons. The summed E-state index contributed by atoms with van der Waals surface area (Å²) in [7, 11) is 0. The first kappa shape index (κ1) is 12.6. The summed E-state index contributed by atoms with van der Waals surface area (Å²) in [6.07, 6.45) is 1.82. The summed E-state index contributed by atoms with van der Waals surface area (Å²) in [6.45, 7) is 0. The summed E-state index contributed by atoms with van der Waals surface area (Å²) in [5.41, 5.74) is 2.22. The lowest BCUT2D eigenvalue weighted by Crippen LogP contribution is -1.91. The molecule has 4 nitrogen and oxygen atoms in total. The fourth-order valence-electron chi connectivity index (χ4n) is 1.81. The number of fused-ring (bicyclic) bond motifs is 1. The van der Waals surface area contributed by atoms with Crippen molar-refractivity contribution in [2.45, 2.75) is 0 Å². The highest BCUT2D eigenvalue weighted by Gasteiger charge is 2.12. The van der Waals surface area contributed by atoms with Gasteiger partial charge in [0.25, 0.3) is 0 Å². The fourth-order valence-corrected chi connectivity index (χ4v) is 2.73. The zero-order valence-corrected chi connectivity index (χ0v) is 13.3. The highest BCUT2D eigenvalue weighted by atomic mass is 127. The van der Waals surface area contributed by atoms with Crippen molar-refractivity contribution in [3.05, 3.63) is 50.1 Å². The second-order valence-electron chi connectivity index (χ2n) is 3.90. The Hall–Kier alpha value is -1.46. The Kier molecular flexibility index (Phi) is 3.24. The van der Waals surface area contributed by atoms with E-state index in [1.54, 1.807) is 12.1 Å². The molecular weight excluding hydrogens is 419 g/mol. The molecule has 0 fully saturated rings. The van der Waals surface area contributed by atoms with E-state index < -0.39 is 0 Å². The van der Waals surface area contributed by atoms with E-state index in [-0.39, 0.29) is 0 Å². The topological polar surface area (TPSA) is 54.0 Å². The van der Waals surface area contributed by atoms with E-state index in [1.165, 1.54) is 0 Å². The van der Waals surface area contributed by atoms with E-state index in [1.807, 2.05) is 28.8 Å². The molecule has 0 saturated carbocycles. The summed E-state index contributed by atoms with van der Waals surface area (Å²) in [4.78, 5) is 0. The second-order valence-corrected chi connectivity index (χ2v) is 6.00. The molecule has 3 aromatic rings. The third-order valence-corrected chi connectivity index (χ3v) is 4.07. The van der Waals surface area contributed by atoms with Gasteiger partial charge in [0, 0.05) is 25.9 Å². The molecule has 0 unspecified atom stereocenters. The normalized spacial score (nSPS) is 10.6. The molecule has 2 aromatic heterocycles. The summed E-state index contributed by atoms with van der Waals surface area (Å²) in [6, 6.07) is 11.6. The Morgan fingerprint density at radius 1 is 1.21 bits per heavy atom. The van der Waals surface area contributed by atoms with Crippen molar-refractivity contribution in [2.75, 3.05) is 0 Å². The molecule has 2 heterocycles. The standard InChI is InChI=1S/C13H6BrIN4/c14-11-2-1-9(15)6-10(11)13-18-17-12-5-8(7-16)3-4-19(12)13/h1-6H. The lowest BCUT2D eigenvalue weighted by atomic mass is 10.2. The van der Waals surface area contributed by atoms with Crippen LogP contribution in [-0.2, 0) is 0 Å². The highest BCUT2D eigenvalue weighted by Crippen LogP contribution is 2.28. The smallest absolute Gasteiger partial charge is 0.169 e. The Bertz CT molecular complexity index is 819. The van der Waals surface area contributed by atoms with Crippen LogP contribution in [0.4, 0.5) is 0 Å². The Morgan fingerprint density at radius 3 is 2.84 bits per heavy atom. The highest BCUT2D eigenvalue weighted by molar-refractivity contribution is 14.1. The van der Waals surface area contributed by atoms with Gasteiger partial charge in [-0.3, -0.25) is 4.40 Å². The second kappa shape index (κ2) is 4.90. The lowest BCUT2D eigenvalue weighted by molar-refractivity contribution is 1.11. The Balaban J connectivity index is 2.26. The number of hydrogen-bond acceptors (Lipinski definition) is 3. The number of rotatable bonds is 1. The van der Waals surface area contributed by atoms with Crippen LogP contribution in [-0.4, -0.2) is 14.6 Å². The van der Waals surface area contributed by atoms with Crippen molar-refractivity contribution < 1.29 is 0 Å². The van der Waals surface area contributed by atoms with E-state index in [4.69, 9.17) is 5.26 Å². The molecule has 3 rings (SSSR count). The average Bonchev–Trinajstić information content (AvgIpc) is 2.84. The number of nitriles is 1. The molecule has 19 heavy (non-hydrogen) atoms. The third kappa shape index (κ3) is 2.24. The Morgan fingerprint density at radius 2 is 2.05 bits per heavy atom. The van der Waals surface area contributed by atoms with E-state index in [0.29, 0.717) is 11.2 Å². The van der Waals surface area contributed by atoms with E-state index in [2.05, 4.69) is 54.8 Å². The molecule has 0 spiro atoms. The molecule has 0 aliphatic rings. The summed E-state index contributed by atoms with van der Waals surface area (Å²) < 4.78 is 3.96. The van der Waals surface area contributed by atoms with Gasteiger partial charge in [-0.05, 0) is 46.9 Å². The number of hydrogen-bond donors (Lipinski definition) is 0. The van der Waals surface area contributed by atoms with Crippen molar-refractivity contribution in [1.82, 2.24) is 14.6 Å². The lowest BCUT2D eigenvalue weighted by Gasteiger charge is -2.03. The van der Waals surface area contributed by atoms with Crippen LogP contribution >= 0.6 is 38.5 Å². The van der Waals surface area contributed by atoms with Crippen LogP contribution < -0.4 is 0 Å². The van der Waals surface area contributed by atoms with Crippen molar-refractivity contribution in [3.63, 3.8) is 0 Å². The molecular formula is C13H6BrIN4. The molecule has 0 N–H and O–H groups in total. The van der Waals surface area contributed by atoms with Gasteiger partial charge in [0.1, 0.15) is 0 Å². The van der Waals surface area contributed by atoms with Crippen LogP contribution in [0.1, 0.15) is 5.56 Å². The number of benzene rings is 1. The maximum absolute atomic E-state index is 8.89. The average molecular weight is 425 g/mol. The van der Waals surface area contributed by atoms with Crippen LogP contribution in [0.5, 0.6) is 0 Å². The molecule has 0 bridgehead atoms. The van der Waals surface area contributed by atoms with Gasteiger partial charge in [-0.1, -0.05) is 15.9 Å². The Labute approximate surface area is 131 Å². The van der Waals surface area contributed by atoms with Gasteiger partial charge in [0.2, 0.25) is 0 Å². The van der Waals surface area contributed by atoms with Crippen molar-refractivity contribution >= 4 is 44.2 Å². The van der Waals surface area contributed by atoms with E-state index in [0.717, 1.165) is 19.4 Å². The summed E-state index contributed by atoms with van der Waals surface area (Å²) >= 11 is 5.79. The summed E-state index contributed by atoms with van der Waals surface area (Å²) in [5, 5.41) is 17.2. The van der Waals surface area contributed by atoms with Gasteiger partial charge in [-0.15, -0.1) is 10.2 Å². The van der Waals surface area contributed by atoms with Crippen LogP contribution in [0.15, 0.2) is 41.0 Å². The summed E-state index contributed by atoms with van der Waals surface area (Å²) in [5.74, 6) is 0.755. The quantitative estimate of drug-likeness (QED) is 0.560. The van der Waals surface area contributed by atoms with Gasteiger partial charge in [-0.2, -0.15) is 5.26 Å².